The van der Waals surface area contributed by atoms with E-state index in [4.69, 9.17) is 0 Å². The molecule has 1 saturated heterocycles. The van der Waals surface area contributed by atoms with Gasteiger partial charge in [-0.2, -0.15) is 9.40 Å². The maximum Gasteiger partial charge on any atom is 0.266 e. The van der Waals surface area contributed by atoms with Gasteiger partial charge in [0.15, 0.2) is 5.03 Å². The Morgan fingerprint density at radius 1 is 1.29 bits per heavy atom. The molecule has 24 heavy (non-hydrogen) atoms. The molecule has 0 amide bonds. The van der Waals surface area contributed by atoms with E-state index in [9.17, 15) is 13.2 Å². The third kappa shape index (κ3) is 3.13. The summed E-state index contributed by atoms with van der Waals surface area (Å²) in [7, 11) is -3.56. The number of sulfonamides is 1. The largest absolute Gasteiger partial charge is 0.334 e. The Balaban J connectivity index is 1.67. The van der Waals surface area contributed by atoms with Crippen LogP contribution in [0.25, 0.3) is 0 Å². The highest BCUT2D eigenvalue weighted by Crippen LogP contribution is 2.25. The highest BCUT2D eigenvalue weighted by atomic mass is 32.2. The number of nitrogens with zero attached hydrogens (tertiary/aromatic N) is 5. The molecule has 0 aliphatic carbocycles. The minimum atomic E-state index is -3.56. The number of hydrogen-bond acceptors (Lipinski definition) is 5. The van der Waals surface area contributed by atoms with Crippen LogP contribution in [0.2, 0.25) is 0 Å². The maximum atomic E-state index is 12.5. The van der Waals surface area contributed by atoms with E-state index in [-0.39, 0.29) is 22.5 Å². The van der Waals surface area contributed by atoms with Crippen LogP contribution in [0, 0.1) is 12.8 Å². The summed E-state index contributed by atoms with van der Waals surface area (Å²) >= 11 is 0. The Bertz CT molecular complexity index is 894. The van der Waals surface area contributed by atoms with Crippen molar-refractivity contribution < 1.29 is 8.42 Å². The molecular weight excluding hydrogens is 330 g/mol. The van der Waals surface area contributed by atoms with Crippen LogP contribution in [-0.4, -0.2) is 45.1 Å². The highest BCUT2D eigenvalue weighted by Gasteiger charge is 2.38. The fourth-order valence-corrected chi connectivity index (χ4v) is 4.14. The van der Waals surface area contributed by atoms with Crippen molar-refractivity contribution in [3.8, 4) is 0 Å². The van der Waals surface area contributed by atoms with E-state index in [1.807, 2.05) is 20.8 Å². The van der Waals surface area contributed by atoms with Gasteiger partial charge >= 0.3 is 0 Å². The van der Waals surface area contributed by atoms with E-state index in [2.05, 4.69) is 10.1 Å². The van der Waals surface area contributed by atoms with Crippen molar-refractivity contribution in [2.24, 2.45) is 5.92 Å². The lowest BCUT2D eigenvalue weighted by molar-refractivity contribution is 0.172. The van der Waals surface area contributed by atoms with Gasteiger partial charge in [-0.1, -0.05) is 0 Å². The monoisotopic (exact) mass is 351 g/mol. The molecule has 2 aromatic heterocycles. The van der Waals surface area contributed by atoms with Crippen LogP contribution in [0.4, 0.5) is 0 Å². The lowest BCUT2D eigenvalue weighted by Gasteiger charge is -2.37. The molecule has 0 aromatic carbocycles. The zero-order valence-corrected chi connectivity index (χ0v) is 14.8. The lowest BCUT2D eigenvalue weighted by atomic mass is 10.0. The number of aryl methyl sites for hydroxylation is 1. The van der Waals surface area contributed by atoms with E-state index in [0.29, 0.717) is 19.6 Å². The molecule has 0 atom stereocenters. The molecule has 8 nitrogen and oxygen atoms in total. The number of aromatic nitrogens is 4. The molecule has 130 valence electrons. The predicted octanol–water partition coefficient (Wildman–Crippen LogP) is 0.650. The summed E-state index contributed by atoms with van der Waals surface area (Å²) < 4.78 is 29.6. The van der Waals surface area contributed by atoms with Crippen LogP contribution in [-0.2, 0) is 16.6 Å². The van der Waals surface area contributed by atoms with Gasteiger partial charge in [0.25, 0.3) is 15.6 Å². The van der Waals surface area contributed by atoms with Crippen LogP contribution in [0.1, 0.15) is 25.6 Å². The Morgan fingerprint density at radius 2 is 2.00 bits per heavy atom. The summed E-state index contributed by atoms with van der Waals surface area (Å²) in [4.78, 5) is 15.8. The lowest BCUT2D eigenvalue weighted by Crippen LogP contribution is -2.52. The number of imidazole rings is 1. The molecule has 0 unspecified atom stereocenters. The maximum absolute atomic E-state index is 12.5. The normalized spacial score (nSPS) is 16.5. The van der Waals surface area contributed by atoms with Gasteiger partial charge in [-0.15, -0.1) is 0 Å². The van der Waals surface area contributed by atoms with Gasteiger partial charge in [0.05, 0.1) is 18.6 Å². The van der Waals surface area contributed by atoms with Gasteiger partial charge in [-0.3, -0.25) is 4.79 Å². The molecule has 1 aliphatic heterocycles. The van der Waals surface area contributed by atoms with Crippen LogP contribution in [0.3, 0.4) is 0 Å². The van der Waals surface area contributed by atoms with Gasteiger partial charge in [0.1, 0.15) is 0 Å². The fourth-order valence-electron chi connectivity index (χ4n) is 2.63. The molecule has 0 radical (unpaired) electrons. The van der Waals surface area contributed by atoms with Crippen LogP contribution < -0.4 is 5.56 Å². The molecule has 1 fully saturated rings. The van der Waals surface area contributed by atoms with Crippen molar-refractivity contribution in [2.75, 3.05) is 13.1 Å². The van der Waals surface area contributed by atoms with Crippen LogP contribution in [0.15, 0.2) is 34.5 Å². The summed E-state index contributed by atoms with van der Waals surface area (Å²) in [6.07, 6.45) is 3.09. The van der Waals surface area contributed by atoms with Crippen LogP contribution in [0.5, 0.6) is 0 Å². The van der Waals surface area contributed by atoms with Gasteiger partial charge in [0, 0.05) is 37.3 Å². The first kappa shape index (κ1) is 16.8. The van der Waals surface area contributed by atoms with E-state index in [1.165, 1.54) is 21.4 Å². The Kier molecular flexibility index (Phi) is 4.31. The zero-order valence-electron chi connectivity index (χ0n) is 14.0. The van der Waals surface area contributed by atoms with E-state index in [0.717, 1.165) is 5.69 Å². The van der Waals surface area contributed by atoms with Crippen molar-refractivity contribution in [3.63, 3.8) is 0 Å². The molecule has 0 saturated carbocycles. The van der Waals surface area contributed by atoms with E-state index < -0.39 is 10.0 Å². The molecule has 0 spiro atoms. The second-order valence-electron chi connectivity index (χ2n) is 6.44. The van der Waals surface area contributed by atoms with Crippen molar-refractivity contribution in [3.05, 3.63) is 40.7 Å². The fraction of sp³-hybridized carbons (Fsp3) is 0.533. The van der Waals surface area contributed by atoms with Gasteiger partial charge in [0.2, 0.25) is 0 Å². The summed E-state index contributed by atoms with van der Waals surface area (Å²) in [5.74, 6) is 0.0824. The summed E-state index contributed by atoms with van der Waals surface area (Å²) in [5.41, 5.74) is 0.593. The zero-order chi connectivity index (χ0) is 17.5. The third-order valence-electron chi connectivity index (χ3n) is 4.13. The standard InChI is InChI=1S/C15H21N5O3S/c1-11(2)18-9-14(16-10-18)24(22,23)19-6-13(7-19)8-20-15(21)5-4-12(3)17-20/h4-5,9-11,13H,6-8H2,1-3H3. The quantitative estimate of drug-likeness (QED) is 0.789. The minimum Gasteiger partial charge on any atom is -0.334 e. The molecular formula is C15H21N5O3S. The van der Waals surface area contributed by atoms with Gasteiger partial charge in [-0.05, 0) is 26.8 Å². The summed E-state index contributed by atoms with van der Waals surface area (Å²) in [6.45, 7) is 6.91. The number of hydrogen-bond donors (Lipinski definition) is 0. The molecule has 0 bridgehead atoms. The van der Waals surface area contributed by atoms with Crippen LogP contribution >= 0.6 is 0 Å². The Hall–Kier alpha value is -2.00. The Morgan fingerprint density at radius 3 is 2.62 bits per heavy atom. The smallest absolute Gasteiger partial charge is 0.266 e. The summed E-state index contributed by atoms with van der Waals surface area (Å²) in [5, 5.41) is 4.25. The van der Waals surface area contributed by atoms with Gasteiger partial charge in [-0.25, -0.2) is 18.1 Å². The molecule has 1 aliphatic rings. The van der Waals surface area contributed by atoms with E-state index >= 15 is 0 Å². The second-order valence-corrected chi connectivity index (χ2v) is 8.32. The predicted molar refractivity (Wildman–Crippen MR) is 88.1 cm³/mol. The molecule has 0 N–H and O–H groups in total. The first-order valence-electron chi connectivity index (χ1n) is 7.86. The third-order valence-corrected chi connectivity index (χ3v) is 5.85. The average Bonchev–Trinajstić information content (AvgIpc) is 2.96. The molecule has 2 aromatic rings. The van der Waals surface area contributed by atoms with Crippen molar-refractivity contribution >= 4 is 10.0 Å². The molecule has 3 rings (SSSR count). The molecule has 9 heteroatoms. The van der Waals surface area contributed by atoms with Crippen molar-refractivity contribution in [1.29, 1.82) is 0 Å². The number of rotatable bonds is 5. The molecule has 3 heterocycles. The SMILES string of the molecule is Cc1ccc(=O)n(CC2CN(S(=O)(=O)c3cn(C(C)C)cn3)C2)n1. The first-order valence-corrected chi connectivity index (χ1v) is 9.30. The summed E-state index contributed by atoms with van der Waals surface area (Å²) in [6, 6.07) is 3.31. The highest BCUT2D eigenvalue weighted by molar-refractivity contribution is 7.89. The first-order chi connectivity index (χ1) is 11.3. The van der Waals surface area contributed by atoms with Crippen molar-refractivity contribution in [2.45, 2.75) is 38.4 Å². The average molecular weight is 351 g/mol. The van der Waals surface area contributed by atoms with E-state index in [1.54, 1.807) is 16.8 Å². The minimum absolute atomic E-state index is 0.0699. The topological polar surface area (TPSA) is 90.1 Å². The second kappa shape index (κ2) is 6.14. The van der Waals surface area contributed by atoms with Crippen molar-refractivity contribution in [1.82, 2.24) is 23.6 Å². The van der Waals surface area contributed by atoms with Gasteiger partial charge < -0.3 is 4.57 Å². The Labute approximate surface area is 140 Å².